The van der Waals surface area contributed by atoms with Crippen LogP contribution in [0, 0.1) is 16.0 Å². The molecule has 8 nitrogen and oxygen atoms in total. The highest BCUT2D eigenvalue weighted by Crippen LogP contribution is 2.28. The Bertz CT molecular complexity index is 687. The van der Waals surface area contributed by atoms with Gasteiger partial charge < -0.3 is 9.64 Å². The summed E-state index contributed by atoms with van der Waals surface area (Å²) in [5.74, 6) is 0.307. The number of benzene rings is 1. The molecule has 0 aliphatic heterocycles. The second kappa shape index (κ2) is 9.12. The summed E-state index contributed by atoms with van der Waals surface area (Å²) in [6.07, 6.45) is 1.89. The summed E-state index contributed by atoms with van der Waals surface area (Å²) >= 11 is 0. The van der Waals surface area contributed by atoms with Gasteiger partial charge in [0.1, 0.15) is 10.6 Å². The summed E-state index contributed by atoms with van der Waals surface area (Å²) in [6, 6.07) is 3.51. The predicted octanol–water partition coefficient (Wildman–Crippen LogP) is 2.25. The van der Waals surface area contributed by atoms with Crippen molar-refractivity contribution in [3.63, 3.8) is 0 Å². The zero-order valence-corrected chi connectivity index (χ0v) is 16.2. The number of likely N-dealkylation sites (N-methyl/N-ethyl adjacent to an activating group) is 1. The highest BCUT2D eigenvalue weighted by Gasteiger charge is 2.26. The van der Waals surface area contributed by atoms with Gasteiger partial charge in [-0.25, -0.2) is 13.1 Å². The van der Waals surface area contributed by atoms with Gasteiger partial charge in [0.05, 0.1) is 18.1 Å². The molecule has 0 aliphatic carbocycles. The van der Waals surface area contributed by atoms with Gasteiger partial charge >= 0.3 is 0 Å². The molecule has 1 atom stereocenters. The Morgan fingerprint density at radius 2 is 1.88 bits per heavy atom. The lowest BCUT2D eigenvalue weighted by atomic mass is 9.93. The minimum atomic E-state index is -3.85. The number of nitro groups is 1. The molecule has 9 heteroatoms. The molecule has 0 unspecified atom stereocenters. The van der Waals surface area contributed by atoms with Gasteiger partial charge in [0.15, 0.2) is 0 Å². The van der Waals surface area contributed by atoms with Crippen LogP contribution in [0.3, 0.4) is 0 Å². The topological polar surface area (TPSA) is 102 Å². The van der Waals surface area contributed by atoms with Crippen molar-refractivity contribution in [3.05, 3.63) is 28.3 Å². The van der Waals surface area contributed by atoms with Gasteiger partial charge in [-0.1, -0.05) is 26.7 Å². The molecule has 0 aromatic heterocycles. The number of non-ortho nitro benzene ring substituents is 1. The van der Waals surface area contributed by atoms with Crippen LogP contribution in [-0.2, 0) is 10.0 Å². The van der Waals surface area contributed by atoms with Crippen LogP contribution in [-0.4, -0.2) is 52.0 Å². The number of nitro benzene ring substituents is 1. The molecular formula is C16H27N3O5S. The van der Waals surface area contributed by atoms with E-state index < -0.39 is 14.9 Å². The van der Waals surface area contributed by atoms with E-state index in [1.807, 2.05) is 19.0 Å². The molecular weight excluding hydrogens is 346 g/mol. The second-order valence-corrected chi connectivity index (χ2v) is 7.79. The standard InChI is InChI=1S/C16H27N3O5S/c1-6-12(7-2)14(18(3)4)11-17-25(22,23)16-9-8-13(19(20)21)10-15(16)24-5/h8-10,12,14,17H,6-7,11H2,1-5H3/t14-/m1/s1. The van der Waals surface area contributed by atoms with E-state index in [9.17, 15) is 18.5 Å². The average Bonchev–Trinajstić information content (AvgIpc) is 2.57. The number of methoxy groups -OCH3 is 1. The first kappa shape index (κ1) is 21.3. The first-order valence-electron chi connectivity index (χ1n) is 8.16. The van der Waals surface area contributed by atoms with E-state index in [0.717, 1.165) is 25.0 Å². The molecule has 0 aliphatic rings. The van der Waals surface area contributed by atoms with Crippen molar-refractivity contribution in [3.8, 4) is 5.75 Å². The van der Waals surface area contributed by atoms with Gasteiger partial charge in [0.2, 0.25) is 10.0 Å². The predicted molar refractivity (Wildman–Crippen MR) is 96.4 cm³/mol. The maximum absolute atomic E-state index is 12.6. The Balaban J connectivity index is 3.07. The van der Waals surface area contributed by atoms with E-state index in [4.69, 9.17) is 4.74 Å². The number of rotatable bonds is 10. The van der Waals surface area contributed by atoms with Crippen LogP contribution >= 0.6 is 0 Å². The average molecular weight is 373 g/mol. The molecule has 1 rings (SSSR count). The molecule has 0 radical (unpaired) electrons. The summed E-state index contributed by atoms with van der Waals surface area (Å²) in [5, 5.41) is 10.8. The minimum absolute atomic E-state index is 0.0498. The molecule has 142 valence electrons. The third-order valence-electron chi connectivity index (χ3n) is 4.39. The monoisotopic (exact) mass is 373 g/mol. The third kappa shape index (κ3) is 5.38. The van der Waals surface area contributed by atoms with Gasteiger partial charge in [-0.15, -0.1) is 0 Å². The summed E-state index contributed by atoms with van der Waals surface area (Å²) in [7, 11) is 1.28. The number of nitrogens with one attached hydrogen (secondary N) is 1. The van der Waals surface area contributed by atoms with Crippen LogP contribution < -0.4 is 9.46 Å². The molecule has 1 aromatic rings. The maximum Gasteiger partial charge on any atom is 0.273 e. The molecule has 0 saturated heterocycles. The number of nitrogens with zero attached hydrogens (tertiary/aromatic N) is 2. The van der Waals surface area contributed by atoms with E-state index in [1.165, 1.54) is 13.2 Å². The molecule has 0 amide bonds. The second-order valence-electron chi connectivity index (χ2n) is 6.05. The summed E-state index contributed by atoms with van der Waals surface area (Å²) in [5.41, 5.74) is -0.223. The molecule has 0 heterocycles. The largest absolute Gasteiger partial charge is 0.495 e. The van der Waals surface area contributed by atoms with Crippen LogP contribution in [0.15, 0.2) is 23.1 Å². The quantitative estimate of drug-likeness (QED) is 0.498. The Kier molecular flexibility index (Phi) is 7.78. The maximum atomic E-state index is 12.6. The molecule has 25 heavy (non-hydrogen) atoms. The fourth-order valence-electron chi connectivity index (χ4n) is 2.87. The van der Waals surface area contributed by atoms with E-state index in [2.05, 4.69) is 18.6 Å². The Morgan fingerprint density at radius 1 is 1.28 bits per heavy atom. The van der Waals surface area contributed by atoms with E-state index in [0.29, 0.717) is 5.92 Å². The van der Waals surface area contributed by atoms with Crippen molar-refractivity contribution in [1.82, 2.24) is 9.62 Å². The van der Waals surface area contributed by atoms with Gasteiger partial charge in [-0.2, -0.15) is 0 Å². The SMILES string of the molecule is CCC(CC)[C@@H](CNS(=O)(=O)c1ccc([N+](=O)[O-])cc1OC)N(C)C. The van der Waals surface area contributed by atoms with Crippen LogP contribution in [0.5, 0.6) is 5.75 Å². The fourth-order valence-corrected chi connectivity index (χ4v) is 4.07. The highest BCUT2D eigenvalue weighted by molar-refractivity contribution is 7.89. The summed E-state index contributed by atoms with van der Waals surface area (Å²) < 4.78 is 32.9. The lowest BCUT2D eigenvalue weighted by Gasteiger charge is -2.31. The van der Waals surface area contributed by atoms with Crippen molar-refractivity contribution >= 4 is 15.7 Å². The van der Waals surface area contributed by atoms with E-state index in [1.54, 1.807) is 0 Å². The fraction of sp³-hybridized carbons (Fsp3) is 0.625. The van der Waals surface area contributed by atoms with Crippen LogP contribution in [0.1, 0.15) is 26.7 Å². The molecule has 0 bridgehead atoms. The first-order valence-corrected chi connectivity index (χ1v) is 9.64. The van der Waals surface area contributed by atoms with E-state index in [-0.39, 0.29) is 28.9 Å². The molecule has 1 aromatic carbocycles. The molecule has 0 saturated carbocycles. The lowest BCUT2D eigenvalue weighted by Crippen LogP contribution is -2.44. The normalized spacial score (nSPS) is 13.2. The van der Waals surface area contributed by atoms with Gasteiger partial charge in [-0.05, 0) is 26.1 Å². The van der Waals surface area contributed by atoms with Crippen LogP contribution in [0.4, 0.5) is 5.69 Å². The van der Waals surface area contributed by atoms with Crippen molar-refractivity contribution in [2.45, 2.75) is 37.6 Å². The molecule has 0 spiro atoms. The third-order valence-corrected chi connectivity index (χ3v) is 5.85. The summed E-state index contributed by atoms with van der Waals surface area (Å²) in [4.78, 5) is 12.1. The summed E-state index contributed by atoms with van der Waals surface area (Å²) in [6.45, 7) is 4.42. The molecule has 1 N–H and O–H groups in total. The zero-order chi connectivity index (χ0) is 19.2. The molecule has 0 fully saturated rings. The Labute approximate surface area is 149 Å². The number of hydrogen-bond acceptors (Lipinski definition) is 6. The van der Waals surface area contributed by atoms with Crippen molar-refractivity contribution in [2.24, 2.45) is 5.92 Å². The highest BCUT2D eigenvalue weighted by atomic mass is 32.2. The van der Waals surface area contributed by atoms with Crippen molar-refractivity contribution in [2.75, 3.05) is 27.7 Å². The van der Waals surface area contributed by atoms with E-state index >= 15 is 0 Å². The van der Waals surface area contributed by atoms with Crippen molar-refractivity contribution in [1.29, 1.82) is 0 Å². The minimum Gasteiger partial charge on any atom is -0.495 e. The first-order chi connectivity index (χ1) is 11.7. The number of ether oxygens (including phenoxy) is 1. The Hall–Kier alpha value is -1.71. The van der Waals surface area contributed by atoms with Gasteiger partial charge in [0.25, 0.3) is 5.69 Å². The van der Waals surface area contributed by atoms with Gasteiger partial charge in [-0.3, -0.25) is 10.1 Å². The zero-order valence-electron chi connectivity index (χ0n) is 15.4. The number of hydrogen-bond donors (Lipinski definition) is 1. The Morgan fingerprint density at radius 3 is 2.32 bits per heavy atom. The van der Waals surface area contributed by atoms with Gasteiger partial charge in [0, 0.05) is 18.7 Å². The smallest absolute Gasteiger partial charge is 0.273 e. The number of sulfonamides is 1. The van der Waals surface area contributed by atoms with Crippen LogP contribution in [0.2, 0.25) is 0 Å². The van der Waals surface area contributed by atoms with Crippen molar-refractivity contribution < 1.29 is 18.1 Å². The lowest BCUT2D eigenvalue weighted by molar-refractivity contribution is -0.385. The van der Waals surface area contributed by atoms with Crippen LogP contribution in [0.25, 0.3) is 0 Å².